The van der Waals surface area contributed by atoms with E-state index in [4.69, 9.17) is 0 Å². The van der Waals surface area contributed by atoms with Crippen LogP contribution in [0.25, 0.3) is 0 Å². The fraction of sp³-hybridized carbons (Fsp3) is 0.250. The summed E-state index contributed by atoms with van der Waals surface area (Å²) in [5, 5.41) is 3.63. The molecule has 3 aromatic carbocycles. The minimum atomic E-state index is 0.629. The molecular formula is C24H25IN2. The van der Waals surface area contributed by atoms with Crippen LogP contribution >= 0.6 is 22.6 Å². The summed E-state index contributed by atoms with van der Waals surface area (Å²) < 4.78 is 1.27. The fourth-order valence-electron chi connectivity index (χ4n) is 3.98. The van der Waals surface area contributed by atoms with Gasteiger partial charge in [0.25, 0.3) is 0 Å². The maximum Gasteiger partial charge on any atom is 0.0411 e. The lowest BCUT2D eigenvalue weighted by Gasteiger charge is -2.30. The Kier molecular flexibility index (Phi) is 6.10. The van der Waals surface area contributed by atoms with Crippen molar-refractivity contribution in [1.29, 1.82) is 0 Å². The van der Waals surface area contributed by atoms with Gasteiger partial charge in [0.1, 0.15) is 0 Å². The van der Waals surface area contributed by atoms with Gasteiger partial charge < -0.3 is 10.2 Å². The topological polar surface area (TPSA) is 15.3 Å². The second kappa shape index (κ2) is 8.89. The molecule has 27 heavy (non-hydrogen) atoms. The third-order valence-corrected chi connectivity index (χ3v) is 6.16. The first kappa shape index (κ1) is 18.5. The predicted molar refractivity (Wildman–Crippen MR) is 123 cm³/mol. The van der Waals surface area contributed by atoms with E-state index in [1.807, 2.05) is 0 Å². The molecule has 0 radical (unpaired) electrons. The first-order valence-electron chi connectivity index (χ1n) is 9.62. The van der Waals surface area contributed by atoms with E-state index in [9.17, 15) is 0 Å². The molecule has 1 N–H and O–H groups in total. The van der Waals surface area contributed by atoms with E-state index in [0.29, 0.717) is 11.8 Å². The van der Waals surface area contributed by atoms with Gasteiger partial charge in [-0.15, -0.1) is 0 Å². The molecule has 2 nitrogen and oxygen atoms in total. The van der Waals surface area contributed by atoms with Crippen LogP contribution in [-0.2, 0) is 6.42 Å². The number of hydrogen-bond acceptors (Lipinski definition) is 2. The average Bonchev–Trinajstić information content (AvgIpc) is 3.15. The van der Waals surface area contributed by atoms with Gasteiger partial charge in [0.2, 0.25) is 0 Å². The molecule has 138 valence electrons. The minimum absolute atomic E-state index is 0.629. The lowest BCUT2D eigenvalue weighted by atomic mass is 9.89. The summed E-state index contributed by atoms with van der Waals surface area (Å²) in [5.41, 5.74) is 3.98. The van der Waals surface area contributed by atoms with Gasteiger partial charge >= 0.3 is 0 Å². The summed E-state index contributed by atoms with van der Waals surface area (Å²) in [6.45, 7) is 3.23. The summed E-state index contributed by atoms with van der Waals surface area (Å²) in [6, 6.07) is 30.5. The standard InChI is InChI=1S/C24H25IN2/c25-22-11-13-24(14-12-22)27(23-9-5-2-6-10-23)18-21-17-26-16-20(21)15-19-7-3-1-4-8-19/h1-14,20-21,26H,15-18H2/t20-,21?/m1/s1. The normalized spacial score (nSPS) is 19.1. The van der Waals surface area contributed by atoms with Crippen molar-refractivity contribution in [2.75, 3.05) is 24.5 Å². The summed E-state index contributed by atoms with van der Waals surface area (Å²) in [4.78, 5) is 2.48. The largest absolute Gasteiger partial charge is 0.341 e. The number of halogens is 1. The quantitative estimate of drug-likeness (QED) is 0.481. The smallest absolute Gasteiger partial charge is 0.0411 e. The van der Waals surface area contributed by atoms with E-state index in [0.717, 1.165) is 26.1 Å². The van der Waals surface area contributed by atoms with Crippen molar-refractivity contribution in [3.63, 3.8) is 0 Å². The van der Waals surface area contributed by atoms with Crippen LogP contribution in [0.1, 0.15) is 5.56 Å². The molecule has 0 amide bonds. The molecule has 3 aromatic rings. The zero-order chi connectivity index (χ0) is 18.5. The van der Waals surface area contributed by atoms with Crippen molar-refractivity contribution < 1.29 is 0 Å². The first-order valence-corrected chi connectivity index (χ1v) is 10.7. The van der Waals surface area contributed by atoms with E-state index in [-0.39, 0.29) is 0 Å². The van der Waals surface area contributed by atoms with Gasteiger partial charge in [-0.1, -0.05) is 48.5 Å². The number of nitrogens with zero attached hydrogens (tertiary/aromatic N) is 1. The van der Waals surface area contributed by atoms with Gasteiger partial charge in [-0.2, -0.15) is 0 Å². The Bertz CT molecular complexity index is 833. The van der Waals surface area contributed by atoms with Gasteiger partial charge in [-0.05, 0) is 95.9 Å². The maximum absolute atomic E-state index is 3.63. The maximum atomic E-state index is 3.63. The Balaban J connectivity index is 1.56. The third-order valence-electron chi connectivity index (χ3n) is 5.44. The zero-order valence-corrected chi connectivity index (χ0v) is 17.5. The molecule has 1 unspecified atom stereocenters. The van der Waals surface area contributed by atoms with Crippen molar-refractivity contribution in [2.45, 2.75) is 6.42 Å². The van der Waals surface area contributed by atoms with Crippen molar-refractivity contribution in [1.82, 2.24) is 5.32 Å². The number of para-hydroxylation sites is 1. The van der Waals surface area contributed by atoms with Crippen molar-refractivity contribution in [3.05, 3.63) is 94.1 Å². The number of benzene rings is 3. The van der Waals surface area contributed by atoms with Gasteiger partial charge in [0, 0.05) is 21.5 Å². The summed E-state index contributed by atoms with van der Waals surface area (Å²) in [7, 11) is 0. The van der Waals surface area contributed by atoms with Gasteiger partial charge in [0.15, 0.2) is 0 Å². The highest BCUT2D eigenvalue weighted by molar-refractivity contribution is 14.1. The highest BCUT2D eigenvalue weighted by atomic mass is 127. The van der Waals surface area contributed by atoms with Crippen LogP contribution in [0.5, 0.6) is 0 Å². The summed E-state index contributed by atoms with van der Waals surface area (Å²) >= 11 is 2.37. The lowest BCUT2D eigenvalue weighted by molar-refractivity contribution is 0.423. The Morgan fingerprint density at radius 1 is 0.741 bits per heavy atom. The number of hydrogen-bond donors (Lipinski definition) is 1. The SMILES string of the molecule is Ic1ccc(N(CC2CNC[C@H]2Cc2ccccc2)c2ccccc2)cc1. The molecule has 1 aliphatic heterocycles. The van der Waals surface area contributed by atoms with Crippen LogP contribution in [0.2, 0.25) is 0 Å². The van der Waals surface area contributed by atoms with E-state index < -0.39 is 0 Å². The van der Waals surface area contributed by atoms with Gasteiger partial charge in [-0.3, -0.25) is 0 Å². The van der Waals surface area contributed by atoms with Crippen LogP contribution in [0.15, 0.2) is 84.9 Å². The predicted octanol–water partition coefficient (Wildman–Crippen LogP) is 5.51. The van der Waals surface area contributed by atoms with Crippen LogP contribution in [0.4, 0.5) is 11.4 Å². The molecule has 1 fully saturated rings. The molecule has 2 atom stereocenters. The lowest BCUT2D eigenvalue weighted by Crippen LogP contribution is -2.30. The fourth-order valence-corrected chi connectivity index (χ4v) is 4.34. The molecule has 0 aliphatic carbocycles. The van der Waals surface area contributed by atoms with Gasteiger partial charge in [-0.25, -0.2) is 0 Å². The van der Waals surface area contributed by atoms with Crippen molar-refractivity contribution in [2.24, 2.45) is 11.8 Å². The van der Waals surface area contributed by atoms with Gasteiger partial charge in [0.05, 0.1) is 0 Å². The average molecular weight is 468 g/mol. The molecule has 0 saturated carbocycles. The number of nitrogens with one attached hydrogen (secondary N) is 1. The highest BCUT2D eigenvalue weighted by Gasteiger charge is 2.29. The van der Waals surface area contributed by atoms with Crippen molar-refractivity contribution in [3.8, 4) is 0 Å². The Morgan fingerprint density at radius 3 is 2.04 bits per heavy atom. The monoisotopic (exact) mass is 468 g/mol. The molecule has 1 aliphatic rings. The Labute approximate surface area is 175 Å². The number of anilines is 2. The first-order chi connectivity index (χ1) is 13.3. The molecule has 4 rings (SSSR count). The summed E-state index contributed by atoms with van der Waals surface area (Å²) in [5.74, 6) is 1.30. The zero-order valence-electron chi connectivity index (χ0n) is 15.4. The van der Waals surface area contributed by atoms with E-state index in [1.165, 1.54) is 20.5 Å². The number of rotatable bonds is 6. The minimum Gasteiger partial charge on any atom is -0.341 e. The molecule has 3 heteroatoms. The van der Waals surface area contributed by atoms with Crippen LogP contribution < -0.4 is 10.2 Å². The molecule has 1 heterocycles. The summed E-state index contributed by atoms with van der Waals surface area (Å²) in [6.07, 6.45) is 1.15. The second-order valence-electron chi connectivity index (χ2n) is 7.29. The van der Waals surface area contributed by atoms with Crippen LogP contribution in [0, 0.1) is 15.4 Å². The third kappa shape index (κ3) is 4.71. The Hall–Kier alpha value is -1.85. The van der Waals surface area contributed by atoms with E-state index in [1.54, 1.807) is 0 Å². The van der Waals surface area contributed by atoms with Crippen LogP contribution in [0.3, 0.4) is 0 Å². The van der Waals surface area contributed by atoms with Crippen molar-refractivity contribution >= 4 is 34.0 Å². The molecular weight excluding hydrogens is 443 g/mol. The molecule has 0 aromatic heterocycles. The molecule has 0 bridgehead atoms. The second-order valence-corrected chi connectivity index (χ2v) is 8.54. The van der Waals surface area contributed by atoms with Crippen LogP contribution in [-0.4, -0.2) is 19.6 Å². The Morgan fingerprint density at radius 2 is 1.33 bits per heavy atom. The van der Waals surface area contributed by atoms with E-state index in [2.05, 4.69) is 118 Å². The highest BCUT2D eigenvalue weighted by Crippen LogP contribution is 2.30. The molecule has 1 saturated heterocycles. The molecule has 0 spiro atoms. The van der Waals surface area contributed by atoms with E-state index >= 15 is 0 Å².